The SMILES string of the molecule is C=CCNCCc1ccc(OCC)c(N)c1. The number of ether oxygens (including phenoxy) is 1. The molecule has 0 heterocycles. The summed E-state index contributed by atoms with van der Waals surface area (Å²) in [4.78, 5) is 0. The van der Waals surface area contributed by atoms with Crippen LogP contribution in [0.5, 0.6) is 5.75 Å². The molecule has 0 aliphatic heterocycles. The van der Waals surface area contributed by atoms with Gasteiger partial charge in [0.2, 0.25) is 0 Å². The van der Waals surface area contributed by atoms with E-state index < -0.39 is 0 Å². The maximum absolute atomic E-state index is 5.88. The minimum atomic E-state index is 0.643. The summed E-state index contributed by atoms with van der Waals surface area (Å²) in [6, 6.07) is 5.96. The summed E-state index contributed by atoms with van der Waals surface area (Å²) >= 11 is 0. The van der Waals surface area contributed by atoms with E-state index in [4.69, 9.17) is 10.5 Å². The summed E-state index contributed by atoms with van der Waals surface area (Å²) in [7, 11) is 0. The Kier molecular flexibility index (Phi) is 5.43. The van der Waals surface area contributed by atoms with Crippen LogP contribution >= 0.6 is 0 Å². The van der Waals surface area contributed by atoms with Crippen LogP contribution < -0.4 is 15.8 Å². The molecule has 3 nitrogen and oxygen atoms in total. The predicted octanol–water partition coefficient (Wildman–Crippen LogP) is 1.99. The van der Waals surface area contributed by atoms with Crippen molar-refractivity contribution in [2.45, 2.75) is 13.3 Å². The fourth-order valence-electron chi connectivity index (χ4n) is 1.48. The number of nitrogen functional groups attached to an aromatic ring is 1. The van der Waals surface area contributed by atoms with E-state index in [1.165, 1.54) is 5.56 Å². The number of hydrogen-bond acceptors (Lipinski definition) is 3. The number of nitrogens with two attached hydrogens (primary N) is 1. The molecule has 0 spiro atoms. The summed E-state index contributed by atoms with van der Waals surface area (Å²) in [6.07, 6.45) is 2.82. The summed E-state index contributed by atoms with van der Waals surface area (Å²) in [5, 5.41) is 3.25. The Morgan fingerprint density at radius 1 is 1.50 bits per heavy atom. The van der Waals surface area contributed by atoms with E-state index in [1.807, 2.05) is 25.1 Å². The standard InChI is InChI=1S/C13H20N2O/c1-3-8-15-9-7-11-5-6-13(16-4-2)12(14)10-11/h3,5-6,10,15H,1,4,7-9,14H2,2H3. The normalized spacial score (nSPS) is 10.1. The Hall–Kier alpha value is -1.48. The molecule has 0 aliphatic carbocycles. The molecule has 88 valence electrons. The van der Waals surface area contributed by atoms with E-state index in [0.717, 1.165) is 25.3 Å². The highest BCUT2D eigenvalue weighted by Gasteiger charge is 2.00. The van der Waals surface area contributed by atoms with E-state index in [-0.39, 0.29) is 0 Å². The van der Waals surface area contributed by atoms with Crippen molar-refractivity contribution in [1.82, 2.24) is 5.32 Å². The van der Waals surface area contributed by atoms with E-state index in [1.54, 1.807) is 0 Å². The van der Waals surface area contributed by atoms with Gasteiger partial charge in [-0.1, -0.05) is 12.1 Å². The maximum atomic E-state index is 5.88. The van der Waals surface area contributed by atoms with Crippen molar-refractivity contribution in [2.75, 3.05) is 25.4 Å². The van der Waals surface area contributed by atoms with Gasteiger partial charge in [-0.25, -0.2) is 0 Å². The van der Waals surface area contributed by atoms with Crippen LogP contribution in [0.2, 0.25) is 0 Å². The van der Waals surface area contributed by atoms with Gasteiger partial charge >= 0.3 is 0 Å². The zero-order chi connectivity index (χ0) is 11.8. The third-order valence-electron chi connectivity index (χ3n) is 2.25. The van der Waals surface area contributed by atoms with Crippen molar-refractivity contribution >= 4 is 5.69 Å². The highest BCUT2D eigenvalue weighted by Crippen LogP contribution is 2.22. The van der Waals surface area contributed by atoms with Crippen molar-refractivity contribution in [3.05, 3.63) is 36.4 Å². The first-order valence-electron chi connectivity index (χ1n) is 5.60. The van der Waals surface area contributed by atoms with Crippen molar-refractivity contribution in [3.8, 4) is 5.75 Å². The molecule has 3 N–H and O–H groups in total. The van der Waals surface area contributed by atoms with Crippen LogP contribution in [0.25, 0.3) is 0 Å². The van der Waals surface area contributed by atoms with Crippen LogP contribution in [0, 0.1) is 0 Å². The van der Waals surface area contributed by atoms with Gasteiger partial charge in [-0.05, 0) is 37.6 Å². The molecule has 0 aliphatic rings. The van der Waals surface area contributed by atoms with E-state index in [9.17, 15) is 0 Å². The average Bonchev–Trinajstić information content (AvgIpc) is 2.28. The second-order valence-corrected chi connectivity index (χ2v) is 3.55. The van der Waals surface area contributed by atoms with Gasteiger partial charge in [0.1, 0.15) is 5.75 Å². The van der Waals surface area contributed by atoms with Crippen LogP contribution in [0.15, 0.2) is 30.9 Å². The number of rotatable bonds is 7. The Labute approximate surface area is 97.3 Å². The predicted molar refractivity (Wildman–Crippen MR) is 68.8 cm³/mol. The van der Waals surface area contributed by atoms with Gasteiger partial charge in [0, 0.05) is 6.54 Å². The number of nitrogens with one attached hydrogen (secondary N) is 1. The van der Waals surface area contributed by atoms with Crippen LogP contribution in [-0.4, -0.2) is 19.7 Å². The van der Waals surface area contributed by atoms with Crippen LogP contribution in [0.1, 0.15) is 12.5 Å². The largest absolute Gasteiger partial charge is 0.492 e. The summed E-state index contributed by atoms with van der Waals surface area (Å²) in [5.41, 5.74) is 7.81. The lowest BCUT2D eigenvalue weighted by Crippen LogP contribution is -2.16. The third kappa shape index (κ3) is 3.95. The number of anilines is 1. The first kappa shape index (κ1) is 12.6. The van der Waals surface area contributed by atoms with Gasteiger partial charge in [-0.3, -0.25) is 0 Å². The molecule has 1 aromatic rings. The van der Waals surface area contributed by atoms with Gasteiger partial charge in [0.25, 0.3) is 0 Å². The molecule has 1 aromatic carbocycles. The highest BCUT2D eigenvalue weighted by molar-refractivity contribution is 5.54. The molecule has 0 saturated carbocycles. The minimum Gasteiger partial charge on any atom is -0.492 e. The van der Waals surface area contributed by atoms with E-state index in [2.05, 4.69) is 18.0 Å². The van der Waals surface area contributed by atoms with Gasteiger partial charge < -0.3 is 15.8 Å². The van der Waals surface area contributed by atoms with Gasteiger partial charge in [0.15, 0.2) is 0 Å². The number of benzene rings is 1. The summed E-state index contributed by atoms with van der Waals surface area (Å²) in [5.74, 6) is 0.769. The highest BCUT2D eigenvalue weighted by atomic mass is 16.5. The molecule has 16 heavy (non-hydrogen) atoms. The minimum absolute atomic E-state index is 0.643. The molecule has 1 rings (SSSR count). The molecular formula is C13H20N2O. The molecule has 0 saturated heterocycles. The number of hydrogen-bond donors (Lipinski definition) is 2. The summed E-state index contributed by atoms with van der Waals surface area (Å²) in [6.45, 7) is 8.02. The van der Waals surface area contributed by atoms with Crippen molar-refractivity contribution in [2.24, 2.45) is 0 Å². The van der Waals surface area contributed by atoms with Crippen LogP contribution in [0.3, 0.4) is 0 Å². The molecule has 0 amide bonds. The molecule has 3 heteroatoms. The van der Waals surface area contributed by atoms with Crippen molar-refractivity contribution in [1.29, 1.82) is 0 Å². The Balaban J connectivity index is 2.49. The third-order valence-corrected chi connectivity index (χ3v) is 2.25. The fourth-order valence-corrected chi connectivity index (χ4v) is 1.48. The van der Waals surface area contributed by atoms with Gasteiger partial charge in [0.05, 0.1) is 12.3 Å². The van der Waals surface area contributed by atoms with Crippen molar-refractivity contribution < 1.29 is 4.74 Å². The molecule has 0 bridgehead atoms. The molecule has 0 radical (unpaired) electrons. The molecule has 0 unspecified atom stereocenters. The lowest BCUT2D eigenvalue weighted by Gasteiger charge is -2.09. The molecular weight excluding hydrogens is 200 g/mol. The Bertz CT molecular complexity index is 337. The topological polar surface area (TPSA) is 47.3 Å². The lowest BCUT2D eigenvalue weighted by molar-refractivity contribution is 0.342. The monoisotopic (exact) mass is 220 g/mol. The summed E-state index contributed by atoms with van der Waals surface area (Å²) < 4.78 is 5.38. The van der Waals surface area contributed by atoms with E-state index >= 15 is 0 Å². The zero-order valence-corrected chi connectivity index (χ0v) is 9.83. The molecule has 0 aromatic heterocycles. The maximum Gasteiger partial charge on any atom is 0.142 e. The second-order valence-electron chi connectivity index (χ2n) is 3.55. The van der Waals surface area contributed by atoms with Gasteiger partial charge in [-0.2, -0.15) is 0 Å². The first-order valence-corrected chi connectivity index (χ1v) is 5.60. The first-order chi connectivity index (χ1) is 7.77. The molecule has 0 atom stereocenters. The quantitative estimate of drug-likeness (QED) is 0.419. The molecule has 0 fully saturated rings. The van der Waals surface area contributed by atoms with Crippen molar-refractivity contribution in [3.63, 3.8) is 0 Å². The zero-order valence-electron chi connectivity index (χ0n) is 9.83. The fraction of sp³-hybridized carbons (Fsp3) is 0.385. The second kappa shape index (κ2) is 6.90. The van der Waals surface area contributed by atoms with E-state index in [0.29, 0.717) is 12.3 Å². The van der Waals surface area contributed by atoms with Crippen LogP contribution in [-0.2, 0) is 6.42 Å². The smallest absolute Gasteiger partial charge is 0.142 e. The lowest BCUT2D eigenvalue weighted by atomic mass is 10.1. The average molecular weight is 220 g/mol. The van der Waals surface area contributed by atoms with Crippen LogP contribution in [0.4, 0.5) is 5.69 Å². The Morgan fingerprint density at radius 3 is 2.94 bits per heavy atom. The van der Waals surface area contributed by atoms with Gasteiger partial charge in [-0.15, -0.1) is 6.58 Å². The Morgan fingerprint density at radius 2 is 2.31 bits per heavy atom.